The summed E-state index contributed by atoms with van der Waals surface area (Å²) in [5.41, 5.74) is 4.93. The second-order valence-corrected chi connectivity index (χ2v) is 6.01. The number of hydrogen-bond donors (Lipinski definition) is 2. The molecular weight excluding hydrogens is 246 g/mol. The number of hydrogen-bond acceptors (Lipinski definition) is 2. The van der Waals surface area contributed by atoms with Gasteiger partial charge in [-0.15, -0.1) is 0 Å². The van der Waals surface area contributed by atoms with Crippen molar-refractivity contribution in [2.45, 2.75) is 38.5 Å². The number of nitrogens with zero attached hydrogens (tertiary/aromatic N) is 1. The van der Waals surface area contributed by atoms with E-state index in [4.69, 9.17) is 0 Å². The lowest BCUT2D eigenvalue weighted by molar-refractivity contribution is 0.453. The largest absolute Gasteiger partial charge is 0.317 e. The third kappa shape index (κ3) is 2.78. The smallest absolute Gasteiger partial charge is 0.0923 e. The van der Waals surface area contributed by atoms with Gasteiger partial charge in [0.05, 0.1) is 5.69 Å². The van der Waals surface area contributed by atoms with Gasteiger partial charge in [0.15, 0.2) is 0 Å². The Morgan fingerprint density at radius 2 is 1.80 bits per heavy atom. The summed E-state index contributed by atoms with van der Waals surface area (Å²) in [7, 11) is 0. The molecule has 1 aliphatic rings. The van der Waals surface area contributed by atoms with E-state index < -0.39 is 0 Å². The Kier molecular flexibility index (Phi) is 3.88. The highest BCUT2D eigenvalue weighted by Crippen LogP contribution is 2.27. The summed E-state index contributed by atoms with van der Waals surface area (Å²) in [6, 6.07) is 11.0. The maximum atomic E-state index is 4.49. The van der Waals surface area contributed by atoms with Gasteiger partial charge in [0.1, 0.15) is 0 Å². The quantitative estimate of drug-likeness (QED) is 0.892. The average Bonchev–Trinajstić information content (AvgIpc) is 2.98. The van der Waals surface area contributed by atoms with Gasteiger partial charge in [-0.3, -0.25) is 5.10 Å². The van der Waals surface area contributed by atoms with Crippen LogP contribution in [0.3, 0.4) is 0 Å². The van der Waals surface area contributed by atoms with Crippen LogP contribution in [0.2, 0.25) is 0 Å². The molecule has 0 saturated carbocycles. The summed E-state index contributed by atoms with van der Waals surface area (Å²) in [5.74, 6) is 1.21. The Morgan fingerprint density at radius 1 is 1.10 bits per heavy atom. The second-order valence-electron chi connectivity index (χ2n) is 6.01. The molecule has 3 rings (SSSR count). The number of aromatic amines is 1. The first-order chi connectivity index (χ1) is 9.74. The Bertz CT molecular complexity index is 548. The number of piperidine rings is 1. The van der Waals surface area contributed by atoms with Crippen molar-refractivity contribution in [2.24, 2.45) is 0 Å². The Morgan fingerprint density at radius 3 is 2.45 bits per heavy atom. The van der Waals surface area contributed by atoms with Crippen LogP contribution in [0.5, 0.6) is 0 Å². The average molecular weight is 269 g/mol. The molecule has 0 spiro atoms. The van der Waals surface area contributed by atoms with Crippen LogP contribution >= 0.6 is 0 Å². The number of aromatic nitrogens is 2. The molecule has 3 heteroatoms. The number of benzene rings is 1. The highest BCUT2D eigenvalue weighted by atomic mass is 15.1. The highest BCUT2D eigenvalue weighted by Gasteiger charge is 2.17. The van der Waals surface area contributed by atoms with Crippen molar-refractivity contribution in [2.75, 3.05) is 13.1 Å². The number of nitrogens with one attached hydrogen (secondary N) is 2. The summed E-state index contributed by atoms with van der Waals surface area (Å²) >= 11 is 0. The summed E-state index contributed by atoms with van der Waals surface area (Å²) in [5, 5.41) is 11.1. The molecule has 1 saturated heterocycles. The van der Waals surface area contributed by atoms with Gasteiger partial charge in [-0.05, 0) is 43.5 Å². The second kappa shape index (κ2) is 5.80. The van der Waals surface area contributed by atoms with E-state index in [-0.39, 0.29) is 0 Å². The lowest BCUT2D eigenvalue weighted by Gasteiger charge is -2.20. The molecule has 1 aromatic carbocycles. The lowest BCUT2D eigenvalue weighted by atomic mass is 9.94. The van der Waals surface area contributed by atoms with E-state index in [1.54, 1.807) is 0 Å². The molecule has 1 aromatic heterocycles. The van der Waals surface area contributed by atoms with Gasteiger partial charge in [-0.1, -0.05) is 38.1 Å². The molecule has 20 heavy (non-hydrogen) atoms. The van der Waals surface area contributed by atoms with Crippen LogP contribution in [0, 0.1) is 0 Å². The molecule has 0 radical (unpaired) electrons. The van der Waals surface area contributed by atoms with Gasteiger partial charge in [0.25, 0.3) is 0 Å². The zero-order valence-corrected chi connectivity index (χ0v) is 12.3. The molecule has 2 N–H and O–H groups in total. The minimum absolute atomic E-state index is 0.577. The zero-order chi connectivity index (χ0) is 13.9. The van der Waals surface area contributed by atoms with Crippen LogP contribution in [-0.4, -0.2) is 23.3 Å². The van der Waals surface area contributed by atoms with E-state index in [2.05, 4.69) is 59.7 Å². The van der Waals surface area contributed by atoms with Crippen molar-refractivity contribution >= 4 is 0 Å². The van der Waals surface area contributed by atoms with Crippen molar-refractivity contribution in [1.82, 2.24) is 15.5 Å². The zero-order valence-electron chi connectivity index (χ0n) is 12.3. The molecule has 0 aliphatic carbocycles. The van der Waals surface area contributed by atoms with Gasteiger partial charge in [-0.25, -0.2) is 0 Å². The third-order valence-corrected chi connectivity index (χ3v) is 4.25. The molecule has 0 bridgehead atoms. The Hall–Kier alpha value is -1.61. The third-order valence-electron chi connectivity index (χ3n) is 4.25. The molecule has 0 amide bonds. The Labute approximate surface area is 120 Å². The maximum absolute atomic E-state index is 4.49. The molecule has 0 atom stereocenters. The fourth-order valence-electron chi connectivity index (χ4n) is 2.87. The van der Waals surface area contributed by atoms with Crippen molar-refractivity contribution in [3.8, 4) is 11.3 Å². The van der Waals surface area contributed by atoms with Crippen molar-refractivity contribution < 1.29 is 0 Å². The SMILES string of the molecule is CC(C)c1ccc(-c2cc(C3CCNCC3)[nH]n2)cc1. The van der Waals surface area contributed by atoms with E-state index in [0.717, 1.165) is 18.8 Å². The van der Waals surface area contributed by atoms with Crippen LogP contribution < -0.4 is 5.32 Å². The molecule has 1 aliphatic heterocycles. The normalized spacial score (nSPS) is 16.8. The number of rotatable bonds is 3. The fourth-order valence-corrected chi connectivity index (χ4v) is 2.87. The standard InChI is InChI=1S/C17H23N3/c1-12(2)13-3-5-14(6-4-13)16-11-17(20-19-16)15-7-9-18-10-8-15/h3-6,11-12,15,18H,7-10H2,1-2H3,(H,19,20). The van der Waals surface area contributed by atoms with E-state index in [1.165, 1.54) is 29.7 Å². The summed E-state index contributed by atoms with van der Waals surface area (Å²) in [4.78, 5) is 0. The monoisotopic (exact) mass is 269 g/mol. The minimum atomic E-state index is 0.577. The number of H-pyrrole nitrogens is 1. The van der Waals surface area contributed by atoms with Crippen LogP contribution in [-0.2, 0) is 0 Å². The first-order valence-electron chi connectivity index (χ1n) is 7.60. The topological polar surface area (TPSA) is 40.7 Å². The molecule has 3 nitrogen and oxygen atoms in total. The first-order valence-corrected chi connectivity index (χ1v) is 7.60. The van der Waals surface area contributed by atoms with E-state index >= 15 is 0 Å². The van der Waals surface area contributed by atoms with E-state index in [9.17, 15) is 0 Å². The minimum Gasteiger partial charge on any atom is -0.317 e. The molecule has 1 fully saturated rings. The molecule has 2 aromatic rings. The van der Waals surface area contributed by atoms with Crippen LogP contribution in [0.1, 0.15) is 49.8 Å². The predicted octanol–water partition coefficient (Wildman–Crippen LogP) is 3.67. The van der Waals surface area contributed by atoms with Crippen LogP contribution in [0.25, 0.3) is 11.3 Å². The highest BCUT2D eigenvalue weighted by molar-refractivity contribution is 5.60. The predicted molar refractivity (Wildman–Crippen MR) is 83.0 cm³/mol. The van der Waals surface area contributed by atoms with Crippen molar-refractivity contribution in [3.63, 3.8) is 0 Å². The molecule has 0 unspecified atom stereocenters. The van der Waals surface area contributed by atoms with Gasteiger partial charge in [0.2, 0.25) is 0 Å². The van der Waals surface area contributed by atoms with Crippen LogP contribution in [0.4, 0.5) is 0 Å². The van der Waals surface area contributed by atoms with Gasteiger partial charge >= 0.3 is 0 Å². The molecule has 106 valence electrons. The maximum Gasteiger partial charge on any atom is 0.0923 e. The van der Waals surface area contributed by atoms with Crippen molar-refractivity contribution in [1.29, 1.82) is 0 Å². The first kappa shape index (κ1) is 13.4. The van der Waals surface area contributed by atoms with E-state index in [0.29, 0.717) is 11.8 Å². The van der Waals surface area contributed by atoms with Gasteiger partial charge in [0, 0.05) is 17.2 Å². The fraction of sp³-hybridized carbons (Fsp3) is 0.471. The lowest BCUT2D eigenvalue weighted by Crippen LogP contribution is -2.26. The summed E-state index contributed by atoms with van der Waals surface area (Å²) < 4.78 is 0. The van der Waals surface area contributed by atoms with E-state index in [1.807, 2.05) is 0 Å². The summed E-state index contributed by atoms with van der Waals surface area (Å²) in [6.45, 7) is 6.67. The van der Waals surface area contributed by atoms with Gasteiger partial charge in [-0.2, -0.15) is 5.10 Å². The molecule has 2 heterocycles. The summed E-state index contributed by atoms with van der Waals surface area (Å²) in [6.07, 6.45) is 2.40. The van der Waals surface area contributed by atoms with Crippen LogP contribution in [0.15, 0.2) is 30.3 Å². The molecular formula is C17H23N3. The Balaban J connectivity index is 1.78. The van der Waals surface area contributed by atoms with Crippen molar-refractivity contribution in [3.05, 3.63) is 41.6 Å². The van der Waals surface area contributed by atoms with Gasteiger partial charge < -0.3 is 5.32 Å².